The second kappa shape index (κ2) is 5.13. The number of aryl methyl sites for hydroxylation is 1. The maximum Gasteiger partial charge on any atom is 0.296 e. The SMILES string of the molecule is CCc1cnc(C(C)Nc2nc3cc(N)ccc3o2)s1. The lowest BCUT2D eigenvalue weighted by Gasteiger charge is -2.07. The quantitative estimate of drug-likeness (QED) is 0.717. The van der Waals surface area contributed by atoms with Crippen LogP contribution in [-0.4, -0.2) is 9.97 Å². The molecule has 0 amide bonds. The number of thiazole rings is 1. The van der Waals surface area contributed by atoms with Crippen LogP contribution in [0.1, 0.15) is 29.8 Å². The highest BCUT2D eigenvalue weighted by atomic mass is 32.1. The van der Waals surface area contributed by atoms with Crippen LogP contribution in [-0.2, 0) is 6.42 Å². The average molecular weight is 288 g/mol. The fourth-order valence-electron chi connectivity index (χ4n) is 1.94. The number of hydrogen-bond acceptors (Lipinski definition) is 6. The van der Waals surface area contributed by atoms with Crippen molar-refractivity contribution in [2.75, 3.05) is 11.1 Å². The summed E-state index contributed by atoms with van der Waals surface area (Å²) in [6, 6.07) is 5.98. The number of nitrogens with zero attached hydrogens (tertiary/aromatic N) is 2. The molecule has 3 aromatic rings. The van der Waals surface area contributed by atoms with E-state index in [0.29, 0.717) is 11.7 Å². The molecule has 0 bridgehead atoms. The molecular formula is C14H16N4OS. The zero-order valence-electron chi connectivity index (χ0n) is 11.4. The molecule has 0 saturated carbocycles. The first-order chi connectivity index (χ1) is 9.65. The number of anilines is 2. The lowest BCUT2D eigenvalue weighted by atomic mass is 10.3. The molecule has 1 unspecified atom stereocenters. The topological polar surface area (TPSA) is 77.0 Å². The molecule has 0 saturated heterocycles. The van der Waals surface area contributed by atoms with E-state index in [9.17, 15) is 0 Å². The second-order valence-electron chi connectivity index (χ2n) is 4.63. The van der Waals surface area contributed by atoms with Gasteiger partial charge < -0.3 is 15.5 Å². The Bertz CT molecular complexity index is 734. The van der Waals surface area contributed by atoms with Crippen LogP contribution < -0.4 is 11.1 Å². The van der Waals surface area contributed by atoms with Crippen molar-refractivity contribution in [1.82, 2.24) is 9.97 Å². The molecule has 2 heterocycles. The van der Waals surface area contributed by atoms with Gasteiger partial charge in [0.05, 0.1) is 6.04 Å². The van der Waals surface area contributed by atoms with Gasteiger partial charge in [0.15, 0.2) is 5.58 Å². The monoisotopic (exact) mass is 288 g/mol. The predicted molar refractivity (Wildman–Crippen MR) is 82.0 cm³/mol. The summed E-state index contributed by atoms with van der Waals surface area (Å²) in [4.78, 5) is 10.1. The minimum absolute atomic E-state index is 0.0608. The maximum absolute atomic E-state index is 5.73. The number of hydrogen-bond donors (Lipinski definition) is 2. The zero-order valence-corrected chi connectivity index (χ0v) is 12.2. The molecule has 3 rings (SSSR count). The molecule has 5 nitrogen and oxygen atoms in total. The number of rotatable bonds is 4. The Morgan fingerprint density at radius 1 is 1.45 bits per heavy atom. The van der Waals surface area contributed by atoms with Crippen molar-refractivity contribution in [3.8, 4) is 0 Å². The van der Waals surface area contributed by atoms with Crippen LogP contribution in [0.15, 0.2) is 28.8 Å². The van der Waals surface area contributed by atoms with E-state index in [2.05, 4.69) is 22.2 Å². The Hall–Kier alpha value is -2.08. The Kier molecular flexibility index (Phi) is 3.31. The van der Waals surface area contributed by atoms with Gasteiger partial charge in [0.1, 0.15) is 10.5 Å². The first kappa shape index (κ1) is 12.9. The van der Waals surface area contributed by atoms with Crippen molar-refractivity contribution in [3.63, 3.8) is 0 Å². The van der Waals surface area contributed by atoms with E-state index in [1.807, 2.05) is 19.2 Å². The lowest BCUT2D eigenvalue weighted by molar-refractivity contribution is 0.603. The van der Waals surface area contributed by atoms with Gasteiger partial charge in [0.2, 0.25) is 0 Å². The minimum atomic E-state index is 0.0608. The third-order valence-corrected chi connectivity index (χ3v) is 4.37. The molecule has 0 aliphatic rings. The Morgan fingerprint density at radius 3 is 3.05 bits per heavy atom. The number of aromatic nitrogens is 2. The highest BCUT2D eigenvalue weighted by molar-refractivity contribution is 7.11. The second-order valence-corrected chi connectivity index (χ2v) is 5.78. The third kappa shape index (κ3) is 2.46. The van der Waals surface area contributed by atoms with Crippen LogP contribution in [0.2, 0.25) is 0 Å². The molecule has 6 heteroatoms. The van der Waals surface area contributed by atoms with Gasteiger partial charge in [0, 0.05) is 16.8 Å². The molecule has 0 aliphatic carbocycles. The first-order valence-electron chi connectivity index (χ1n) is 6.53. The fraction of sp³-hybridized carbons (Fsp3) is 0.286. The van der Waals surface area contributed by atoms with Gasteiger partial charge in [-0.3, -0.25) is 0 Å². The molecule has 104 valence electrons. The van der Waals surface area contributed by atoms with E-state index in [1.165, 1.54) is 4.88 Å². The van der Waals surface area contributed by atoms with Crippen molar-refractivity contribution in [1.29, 1.82) is 0 Å². The molecule has 0 fully saturated rings. The van der Waals surface area contributed by atoms with Crippen molar-refractivity contribution in [2.45, 2.75) is 26.3 Å². The van der Waals surface area contributed by atoms with E-state index in [-0.39, 0.29) is 6.04 Å². The normalized spacial score (nSPS) is 12.7. The van der Waals surface area contributed by atoms with Gasteiger partial charge in [-0.15, -0.1) is 11.3 Å². The standard InChI is InChI=1S/C14H16N4OS/c1-3-10-7-16-13(20-10)8(2)17-14-18-11-6-9(15)4-5-12(11)19-14/h4-8H,3,15H2,1-2H3,(H,17,18). The van der Waals surface area contributed by atoms with E-state index in [4.69, 9.17) is 10.2 Å². The van der Waals surface area contributed by atoms with Gasteiger partial charge >= 0.3 is 0 Å². The summed E-state index contributed by atoms with van der Waals surface area (Å²) in [7, 11) is 0. The zero-order chi connectivity index (χ0) is 14.1. The van der Waals surface area contributed by atoms with E-state index in [1.54, 1.807) is 23.5 Å². The third-order valence-electron chi connectivity index (χ3n) is 3.04. The number of fused-ring (bicyclic) bond motifs is 1. The highest BCUT2D eigenvalue weighted by Crippen LogP contribution is 2.26. The minimum Gasteiger partial charge on any atom is -0.424 e. The van der Waals surface area contributed by atoms with Crippen LogP contribution in [0.25, 0.3) is 11.1 Å². The molecule has 1 aromatic carbocycles. The summed E-state index contributed by atoms with van der Waals surface area (Å²) in [5.41, 5.74) is 7.89. The molecule has 0 spiro atoms. The summed E-state index contributed by atoms with van der Waals surface area (Å²) in [6.07, 6.45) is 2.93. The Morgan fingerprint density at radius 2 is 2.30 bits per heavy atom. The van der Waals surface area contributed by atoms with Gasteiger partial charge in [-0.25, -0.2) is 4.98 Å². The molecule has 20 heavy (non-hydrogen) atoms. The van der Waals surface area contributed by atoms with Crippen molar-refractivity contribution in [2.24, 2.45) is 0 Å². The lowest BCUT2D eigenvalue weighted by Crippen LogP contribution is -2.06. The molecule has 1 atom stereocenters. The van der Waals surface area contributed by atoms with Crippen molar-refractivity contribution < 1.29 is 4.42 Å². The smallest absolute Gasteiger partial charge is 0.296 e. The first-order valence-corrected chi connectivity index (χ1v) is 7.34. The maximum atomic E-state index is 5.73. The van der Waals surface area contributed by atoms with Crippen LogP contribution in [0.3, 0.4) is 0 Å². The van der Waals surface area contributed by atoms with Crippen LogP contribution in [0.4, 0.5) is 11.7 Å². The van der Waals surface area contributed by atoms with Crippen molar-refractivity contribution >= 4 is 34.1 Å². The van der Waals surface area contributed by atoms with E-state index >= 15 is 0 Å². The summed E-state index contributed by atoms with van der Waals surface area (Å²) < 4.78 is 5.65. The van der Waals surface area contributed by atoms with Gasteiger partial charge in [0.25, 0.3) is 6.01 Å². The molecule has 2 aromatic heterocycles. The molecule has 0 radical (unpaired) electrons. The van der Waals surface area contributed by atoms with Crippen LogP contribution in [0.5, 0.6) is 0 Å². The summed E-state index contributed by atoms with van der Waals surface area (Å²) >= 11 is 1.71. The van der Waals surface area contributed by atoms with E-state index < -0.39 is 0 Å². The van der Waals surface area contributed by atoms with Crippen molar-refractivity contribution in [3.05, 3.63) is 34.3 Å². The number of nitrogens with one attached hydrogen (secondary N) is 1. The largest absolute Gasteiger partial charge is 0.424 e. The number of nitrogens with two attached hydrogens (primary N) is 1. The average Bonchev–Trinajstić information content (AvgIpc) is 3.03. The van der Waals surface area contributed by atoms with Crippen LogP contribution in [0, 0.1) is 0 Å². The Labute approximate surface area is 120 Å². The molecular weight excluding hydrogens is 272 g/mol. The number of nitrogen functional groups attached to an aromatic ring is 1. The molecule has 3 N–H and O–H groups in total. The number of benzene rings is 1. The highest BCUT2D eigenvalue weighted by Gasteiger charge is 2.13. The fourth-order valence-corrected chi connectivity index (χ4v) is 2.80. The van der Waals surface area contributed by atoms with Gasteiger partial charge in [-0.05, 0) is 31.5 Å². The number of oxazole rings is 1. The van der Waals surface area contributed by atoms with Crippen LogP contribution >= 0.6 is 11.3 Å². The van der Waals surface area contributed by atoms with Gasteiger partial charge in [-0.2, -0.15) is 4.98 Å². The van der Waals surface area contributed by atoms with E-state index in [0.717, 1.165) is 22.5 Å². The predicted octanol–water partition coefficient (Wildman–Crippen LogP) is 3.60. The summed E-state index contributed by atoms with van der Waals surface area (Å²) in [5.74, 6) is 0. The summed E-state index contributed by atoms with van der Waals surface area (Å²) in [6.45, 7) is 4.17. The Balaban J connectivity index is 1.81. The van der Waals surface area contributed by atoms with Gasteiger partial charge in [-0.1, -0.05) is 6.92 Å². The summed E-state index contributed by atoms with van der Waals surface area (Å²) in [5, 5.41) is 4.26. The molecule has 0 aliphatic heterocycles.